The first-order chi connectivity index (χ1) is 7.04. The molecule has 0 aliphatic heterocycles. The molecule has 2 aromatic rings. The van der Waals surface area contributed by atoms with Crippen molar-refractivity contribution in [2.24, 2.45) is 0 Å². The average molecular weight is 203 g/mol. The molecule has 1 N–H and O–H groups in total. The summed E-state index contributed by atoms with van der Waals surface area (Å²) in [7, 11) is 1.70. The van der Waals surface area contributed by atoms with E-state index in [1.54, 1.807) is 7.11 Å². The highest BCUT2D eigenvalue weighted by Gasteiger charge is 2.18. The minimum Gasteiger partial charge on any atom is -0.495 e. The average Bonchev–Trinajstić information content (AvgIpc) is 2.62. The summed E-state index contributed by atoms with van der Waals surface area (Å²) in [4.78, 5) is 3.23. The minimum absolute atomic E-state index is 0.159. The molecule has 1 heterocycles. The maximum Gasteiger partial charge on any atom is 0.142 e. The third-order valence-electron chi connectivity index (χ3n) is 2.71. The molecule has 0 spiro atoms. The van der Waals surface area contributed by atoms with E-state index in [-0.39, 0.29) is 5.41 Å². The highest BCUT2D eigenvalue weighted by molar-refractivity contribution is 5.89. The number of rotatable bonds is 1. The van der Waals surface area contributed by atoms with E-state index in [0.717, 1.165) is 11.3 Å². The highest BCUT2D eigenvalue weighted by Crippen LogP contribution is 2.34. The Balaban J connectivity index is 2.74. The second-order valence-corrected chi connectivity index (χ2v) is 4.83. The number of H-pyrrole nitrogens is 1. The Kier molecular flexibility index (Phi) is 2.22. The number of aromatic nitrogens is 1. The largest absolute Gasteiger partial charge is 0.495 e. The lowest BCUT2D eigenvalue weighted by atomic mass is 9.85. The maximum absolute atomic E-state index is 5.32. The monoisotopic (exact) mass is 203 g/mol. The van der Waals surface area contributed by atoms with E-state index in [4.69, 9.17) is 4.74 Å². The number of fused-ring (bicyclic) bond motifs is 1. The van der Waals surface area contributed by atoms with Gasteiger partial charge in [-0.2, -0.15) is 0 Å². The number of benzene rings is 1. The molecule has 0 saturated heterocycles. The van der Waals surface area contributed by atoms with E-state index < -0.39 is 0 Å². The van der Waals surface area contributed by atoms with Crippen molar-refractivity contribution >= 4 is 10.9 Å². The Morgan fingerprint density at radius 3 is 2.47 bits per heavy atom. The zero-order valence-corrected chi connectivity index (χ0v) is 9.72. The molecule has 1 aromatic carbocycles. The highest BCUT2D eigenvalue weighted by atomic mass is 16.5. The van der Waals surface area contributed by atoms with Crippen molar-refractivity contribution in [3.05, 3.63) is 30.0 Å². The molecule has 2 heteroatoms. The fraction of sp³-hybridized carbons (Fsp3) is 0.385. The molecule has 0 fully saturated rings. The van der Waals surface area contributed by atoms with Crippen molar-refractivity contribution in [2.45, 2.75) is 26.2 Å². The van der Waals surface area contributed by atoms with E-state index in [1.165, 1.54) is 10.9 Å². The molecule has 0 unspecified atom stereocenters. The third-order valence-corrected chi connectivity index (χ3v) is 2.71. The minimum atomic E-state index is 0.159. The lowest BCUT2D eigenvalue weighted by Gasteiger charge is -2.20. The van der Waals surface area contributed by atoms with Gasteiger partial charge in [-0.25, -0.2) is 0 Å². The number of hydrogen-bond donors (Lipinski definition) is 1. The maximum atomic E-state index is 5.32. The van der Waals surface area contributed by atoms with Crippen molar-refractivity contribution in [1.29, 1.82) is 0 Å². The second-order valence-electron chi connectivity index (χ2n) is 4.83. The summed E-state index contributed by atoms with van der Waals surface area (Å²) in [6.07, 6.45) is 1.96. The van der Waals surface area contributed by atoms with Gasteiger partial charge in [-0.15, -0.1) is 0 Å². The normalized spacial score (nSPS) is 12.0. The van der Waals surface area contributed by atoms with Crippen LogP contribution in [0.15, 0.2) is 24.4 Å². The van der Waals surface area contributed by atoms with E-state index in [0.29, 0.717) is 0 Å². The standard InChI is InChI=1S/C13H17NO/c1-13(2,3)10-5-6-11(15-4)12-9(10)7-8-14-12/h5-8,14H,1-4H3. The number of hydrogen-bond acceptors (Lipinski definition) is 1. The van der Waals surface area contributed by atoms with Gasteiger partial charge in [-0.1, -0.05) is 26.8 Å². The topological polar surface area (TPSA) is 25.0 Å². The van der Waals surface area contributed by atoms with Crippen LogP contribution >= 0.6 is 0 Å². The van der Waals surface area contributed by atoms with Gasteiger partial charge >= 0.3 is 0 Å². The summed E-state index contributed by atoms with van der Waals surface area (Å²) in [5.41, 5.74) is 2.59. The van der Waals surface area contributed by atoms with Gasteiger partial charge in [-0.05, 0) is 23.1 Å². The summed E-state index contributed by atoms with van der Waals surface area (Å²) in [6.45, 7) is 6.67. The Labute approximate surface area is 90.3 Å². The zero-order chi connectivity index (χ0) is 11.1. The summed E-state index contributed by atoms with van der Waals surface area (Å²) in [5.74, 6) is 0.906. The van der Waals surface area contributed by atoms with Crippen LogP contribution in [0.4, 0.5) is 0 Å². The van der Waals surface area contributed by atoms with E-state index in [9.17, 15) is 0 Å². The zero-order valence-electron chi connectivity index (χ0n) is 9.72. The van der Waals surface area contributed by atoms with Gasteiger partial charge in [0, 0.05) is 11.6 Å². The molecule has 2 nitrogen and oxygen atoms in total. The molecule has 1 aromatic heterocycles. The fourth-order valence-corrected chi connectivity index (χ4v) is 1.95. The van der Waals surface area contributed by atoms with E-state index in [2.05, 4.69) is 37.9 Å². The summed E-state index contributed by atoms with van der Waals surface area (Å²) in [6, 6.07) is 6.28. The first kappa shape index (κ1) is 10.1. The van der Waals surface area contributed by atoms with Crippen LogP contribution in [-0.4, -0.2) is 12.1 Å². The molecule has 0 amide bonds. The molecule has 0 aliphatic carbocycles. The molecular weight excluding hydrogens is 186 g/mol. The van der Waals surface area contributed by atoms with Crippen molar-refractivity contribution < 1.29 is 4.74 Å². The second kappa shape index (κ2) is 3.30. The van der Waals surface area contributed by atoms with Crippen molar-refractivity contribution in [1.82, 2.24) is 4.98 Å². The van der Waals surface area contributed by atoms with Gasteiger partial charge in [0.15, 0.2) is 0 Å². The Morgan fingerprint density at radius 1 is 1.13 bits per heavy atom. The van der Waals surface area contributed by atoms with Gasteiger partial charge in [-0.3, -0.25) is 0 Å². The van der Waals surface area contributed by atoms with Gasteiger partial charge < -0.3 is 9.72 Å². The van der Waals surface area contributed by atoms with E-state index >= 15 is 0 Å². The van der Waals surface area contributed by atoms with Crippen LogP contribution in [0.2, 0.25) is 0 Å². The van der Waals surface area contributed by atoms with Crippen LogP contribution in [0, 0.1) is 0 Å². The molecule has 2 rings (SSSR count). The number of ether oxygens (including phenoxy) is 1. The molecule has 0 bridgehead atoms. The van der Waals surface area contributed by atoms with Crippen LogP contribution in [-0.2, 0) is 5.41 Å². The lowest BCUT2D eigenvalue weighted by Crippen LogP contribution is -2.11. The number of aromatic amines is 1. The first-order valence-electron chi connectivity index (χ1n) is 5.18. The molecule has 0 aliphatic rings. The summed E-state index contributed by atoms with van der Waals surface area (Å²) in [5, 5.41) is 1.25. The first-order valence-corrected chi connectivity index (χ1v) is 5.18. The van der Waals surface area contributed by atoms with Gasteiger partial charge in [0.2, 0.25) is 0 Å². The van der Waals surface area contributed by atoms with Crippen LogP contribution in [0.1, 0.15) is 26.3 Å². The quantitative estimate of drug-likeness (QED) is 0.754. The molecule has 0 radical (unpaired) electrons. The van der Waals surface area contributed by atoms with Crippen LogP contribution < -0.4 is 4.74 Å². The lowest BCUT2D eigenvalue weighted by molar-refractivity contribution is 0.418. The summed E-state index contributed by atoms with van der Waals surface area (Å²) >= 11 is 0. The molecule has 0 saturated carbocycles. The van der Waals surface area contributed by atoms with Gasteiger partial charge in [0.25, 0.3) is 0 Å². The van der Waals surface area contributed by atoms with Crippen molar-refractivity contribution in [2.75, 3.05) is 7.11 Å². The van der Waals surface area contributed by atoms with Crippen LogP contribution in [0.25, 0.3) is 10.9 Å². The Hall–Kier alpha value is -1.44. The third kappa shape index (κ3) is 1.60. The molecule has 80 valence electrons. The predicted molar refractivity (Wildman–Crippen MR) is 63.6 cm³/mol. The Bertz CT molecular complexity index is 477. The van der Waals surface area contributed by atoms with Crippen LogP contribution in [0.5, 0.6) is 5.75 Å². The Morgan fingerprint density at radius 2 is 1.87 bits per heavy atom. The molecular formula is C13H17NO. The molecule has 0 atom stereocenters. The van der Waals surface area contributed by atoms with E-state index in [1.807, 2.05) is 12.3 Å². The fourth-order valence-electron chi connectivity index (χ4n) is 1.95. The smallest absolute Gasteiger partial charge is 0.142 e. The van der Waals surface area contributed by atoms with Crippen molar-refractivity contribution in [3.8, 4) is 5.75 Å². The number of nitrogens with one attached hydrogen (secondary N) is 1. The van der Waals surface area contributed by atoms with Crippen LogP contribution in [0.3, 0.4) is 0 Å². The van der Waals surface area contributed by atoms with Gasteiger partial charge in [0.05, 0.1) is 12.6 Å². The molecule has 15 heavy (non-hydrogen) atoms. The predicted octanol–water partition coefficient (Wildman–Crippen LogP) is 3.47. The van der Waals surface area contributed by atoms with Crippen molar-refractivity contribution in [3.63, 3.8) is 0 Å². The summed E-state index contributed by atoms with van der Waals surface area (Å²) < 4.78 is 5.32. The number of methoxy groups -OCH3 is 1. The SMILES string of the molecule is COc1ccc(C(C)(C)C)c2cc[nH]c12. The van der Waals surface area contributed by atoms with Gasteiger partial charge in [0.1, 0.15) is 5.75 Å².